The summed E-state index contributed by atoms with van der Waals surface area (Å²) in [7, 11) is 0. The molecule has 0 rings (SSSR count). The van der Waals surface area contributed by atoms with Crippen LogP contribution in [0.1, 0.15) is 40.5 Å². The van der Waals surface area contributed by atoms with Crippen molar-refractivity contribution in [3.8, 4) is 0 Å². The maximum Gasteiger partial charge on any atom is 0.229 e. The summed E-state index contributed by atoms with van der Waals surface area (Å²) in [5.74, 6) is 0.0109. The van der Waals surface area contributed by atoms with E-state index in [9.17, 15) is 9.59 Å². The molecule has 0 unspecified atom stereocenters. The monoisotopic (exact) mass is 302 g/mol. The zero-order chi connectivity index (χ0) is 16.1. The van der Waals surface area contributed by atoms with E-state index in [0.29, 0.717) is 32.3 Å². The lowest BCUT2D eigenvalue weighted by atomic mass is 10.2. The van der Waals surface area contributed by atoms with E-state index in [1.54, 1.807) is 0 Å². The van der Waals surface area contributed by atoms with Gasteiger partial charge in [0.05, 0.1) is 6.61 Å². The van der Waals surface area contributed by atoms with Crippen LogP contribution in [-0.4, -0.2) is 50.8 Å². The number of carbonyl (C=O) groups is 2. The number of hydrogen-bond acceptors (Lipinski definition) is 4. The zero-order valence-electron chi connectivity index (χ0n) is 13.7. The summed E-state index contributed by atoms with van der Waals surface area (Å²) in [6.07, 6.45) is 0.707. The van der Waals surface area contributed by atoms with E-state index in [0.717, 1.165) is 13.0 Å². The maximum absolute atomic E-state index is 11.4. The van der Waals surface area contributed by atoms with Gasteiger partial charge in [0.1, 0.15) is 6.42 Å². The van der Waals surface area contributed by atoms with Crippen molar-refractivity contribution in [1.82, 2.24) is 10.6 Å². The normalized spacial score (nSPS) is 11.0. The molecule has 2 amide bonds. The van der Waals surface area contributed by atoms with Crippen LogP contribution >= 0.6 is 0 Å². The Morgan fingerprint density at radius 2 is 1.62 bits per heavy atom. The minimum Gasteiger partial charge on any atom is -0.381 e. The molecule has 6 nitrogen and oxygen atoms in total. The van der Waals surface area contributed by atoms with Crippen molar-refractivity contribution in [2.24, 2.45) is 5.92 Å². The summed E-state index contributed by atoms with van der Waals surface area (Å²) >= 11 is 0. The fourth-order valence-electron chi connectivity index (χ4n) is 1.53. The largest absolute Gasteiger partial charge is 0.381 e. The van der Waals surface area contributed by atoms with Gasteiger partial charge in [-0.2, -0.15) is 0 Å². The average Bonchev–Trinajstić information content (AvgIpc) is 2.35. The summed E-state index contributed by atoms with van der Waals surface area (Å²) in [5.41, 5.74) is 0. The van der Waals surface area contributed by atoms with E-state index in [4.69, 9.17) is 9.47 Å². The maximum atomic E-state index is 11.4. The minimum absolute atomic E-state index is 0.0477. The molecule has 0 bridgehead atoms. The number of rotatable bonds is 12. The molecule has 6 heteroatoms. The SMILES string of the molecule is CC(C)COCCCOCCNC(=O)CC(=O)NC(C)C. The fourth-order valence-corrected chi connectivity index (χ4v) is 1.53. The van der Waals surface area contributed by atoms with Gasteiger partial charge in [0.15, 0.2) is 0 Å². The highest BCUT2D eigenvalue weighted by Crippen LogP contribution is 1.93. The first-order valence-electron chi connectivity index (χ1n) is 7.63. The van der Waals surface area contributed by atoms with Gasteiger partial charge in [0, 0.05) is 32.4 Å². The summed E-state index contributed by atoms with van der Waals surface area (Å²) in [4.78, 5) is 22.8. The molecule has 0 saturated carbocycles. The molecule has 0 atom stereocenters. The van der Waals surface area contributed by atoms with Crippen LogP contribution in [0.5, 0.6) is 0 Å². The lowest BCUT2D eigenvalue weighted by Crippen LogP contribution is -2.36. The summed E-state index contributed by atoms with van der Waals surface area (Å²) in [5, 5.41) is 5.31. The second-order valence-corrected chi connectivity index (χ2v) is 5.68. The van der Waals surface area contributed by atoms with Gasteiger partial charge in [-0.05, 0) is 26.2 Å². The van der Waals surface area contributed by atoms with Crippen molar-refractivity contribution >= 4 is 11.8 Å². The highest BCUT2D eigenvalue weighted by molar-refractivity contribution is 5.96. The van der Waals surface area contributed by atoms with Crippen molar-refractivity contribution in [1.29, 1.82) is 0 Å². The smallest absolute Gasteiger partial charge is 0.229 e. The summed E-state index contributed by atoms with van der Waals surface area (Å²) in [6, 6.07) is 0.0477. The second-order valence-electron chi connectivity index (χ2n) is 5.68. The molecule has 0 aliphatic carbocycles. The van der Waals surface area contributed by atoms with Crippen LogP contribution in [0.3, 0.4) is 0 Å². The first kappa shape index (κ1) is 19.9. The molecule has 0 aromatic carbocycles. The molecular weight excluding hydrogens is 272 g/mol. The fraction of sp³-hybridized carbons (Fsp3) is 0.867. The van der Waals surface area contributed by atoms with E-state index in [1.807, 2.05) is 13.8 Å². The Labute approximate surface area is 127 Å². The summed E-state index contributed by atoms with van der Waals surface area (Å²) < 4.78 is 10.8. The van der Waals surface area contributed by atoms with Gasteiger partial charge >= 0.3 is 0 Å². The molecule has 0 radical (unpaired) electrons. The standard InChI is InChI=1S/C15H30N2O4/c1-12(2)11-21-8-5-7-20-9-6-16-14(18)10-15(19)17-13(3)4/h12-13H,5-11H2,1-4H3,(H,16,18)(H,17,19). The van der Waals surface area contributed by atoms with Gasteiger partial charge in [-0.25, -0.2) is 0 Å². The molecule has 0 aromatic rings. The van der Waals surface area contributed by atoms with E-state index in [2.05, 4.69) is 24.5 Å². The molecular formula is C15H30N2O4. The van der Waals surface area contributed by atoms with Crippen molar-refractivity contribution in [2.75, 3.05) is 33.0 Å². The van der Waals surface area contributed by atoms with Gasteiger partial charge in [-0.15, -0.1) is 0 Å². The molecule has 0 aromatic heterocycles. The predicted molar refractivity (Wildman–Crippen MR) is 82.0 cm³/mol. The molecule has 0 saturated heterocycles. The Morgan fingerprint density at radius 1 is 0.952 bits per heavy atom. The third kappa shape index (κ3) is 15.1. The van der Waals surface area contributed by atoms with E-state index in [1.165, 1.54) is 0 Å². The molecule has 21 heavy (non-hydrogen) atoms. The number of hydrogen-bond donors (Lipinski definition) is 2. The van der Waals surface area contributed by atoms with Gasteiger partial charge in [-0.1, -0.05) is 13.8 Å². The topological polar surface area (TPSA) is 76.7 Å². The van der Waals surface area contributed by atoms with Crippen molar-refractivity contribution in [2.45, 2.75) is 46.6 Å². The zero-order valence-corrected chi connectivity index (χ0v) is 13.7. The summed E-state index contributed by atoms with van der Waals surface area (Å²) in [6.45, 7) is 10.9. The molecule has 0 fully saturated rings. The van der Waals surface area contributed by atoms with Gasteiger partial charge in [0.2, 0.25) is 11.8 Å². The Hall–Kier alpha value is -1.14. The van der Waals surface area contributed by atoms with Crippen LogP contribution in [0.15, 0.2) is 0 Å². The van der Waals surface area contributed by atoms with E-state index in [-0.39, 0.29) is 24.3 Å². The van der Waals surface area contributed by atoms with Crippen molar-refractivity contribution in [3.05, 3.63) is 0 Å². The van der Waals surface area contributed by atoms with Gasteiger partial charge < -0.3 is 20.1 Å². The van der Waals surface area contributed by atoms with Crippen LogP contribution < -0.4 is 10.6 Å². The van der Waals surface area contributed by atoms with E-state index >= 15 is 0 Å². The molecule has 0 heterocycles. The second kappa shape index (κ2) is 12.6. The molecule has 0 aliphatic rings. The van der Waals surface area contributed by atoms with Gasteiger partial charge in [-0.3, -0.25) is 9.59 Å². The van der Waals surface area contributed by atoms with Crippen LogP contribution in [0.4, 0.5) is 0 Å². The Bertz CT molecular complexity index is 293. The lowest BCUT2D eigenvalue weighted by molar-refractivity contribution is -0.129. The average molecular weight is 302 g/mol. The first-order valence-corrected chi connectivity index (χ1v) is 7.63. The number of ether oxygens (including phenoxy) is 2. The number of nitrogens with one attached hydrogen (secondary N) is 2. The molecule has 124 valence electrons. The molecule has 2 N–H and O–H groups in total. The van der Waals surface area contributed by atoms with Gasteiger partial charge in [0.25, 0.3) is 0 Å². The third-order valence-electron chi connectivity index (χ3n) is 2.37. The van der Waals surface area contributed by atoms with E-state index < -0.39 is 0 Å². The lowest BCUT2D eigenvalue weighted by Gasteiger charge is -2.09. The first-order chi connectivity index (χ1) is 9.91. The third-order valence-corrected chi connectivity index (χ3v) is 2.37. The Morgan fingerprint density at radius 3 is 2.24 bits per heavy atom. The molecule has 0 spiro atoms. The highest BCUT2D eigenvalue weighted by atomic mass is 16.5. The minimum atomic E-state index is -0.281. The van der Waals surface area contributed by atoms with Crippen LogP contribution in [0.2, 0.25) is 0 Å². The van der Waals surface area contributed by atoms with Crippen LogP contribution in [-0.2, 0) is 19.1 Å². The predicted octanol–water partition coefficient (Wildman–Crippen LogP) is 1.10. The van der Waals surface area contributed by atoms with Crippen LogP contribution in [0.25, 0.3) is 0 Å². The Balaban J connectivity index is 3.34. The quantitative estimate of drug-likeness (QED) is 0.418. The number of carbonyl (C=O) groups excluding carboxylic acids is 2. The highest BCUT2D eigenvalue weighted by Gasteiger charge is 2.09. The van der Waals surface area contributed by atoms with Crippen molar-refractivity contribution in [3.63, 3.8) is 0 Å². The van der Waals surface area contributed by atoms with Crippen LogP contribution in [0, 0.1) is 5.92 Å². The Kier molecular flexibility index (Phi) is 11.9. The number of amides is 2. The van der Waals surface area contributed by atoms with Crippen molar-refractivity contribution < 1.29 is 19.1 Å². The molecule has 0 aliphatic heterocycles.